The Balaban J connectivity index is 1.27. The van der Waals surface area contributed by atoms with Gasteiger partial charge in [0.1, 0.15) is 0 Å². The molecule has 0 unspecified atom stereocenters. The van der Waals surface area contributed by atoms with Crippen molar-refractivity contribution in [2.24, 2.45) is 0 Å². The molecule has 2 N–H and O–H groups in total. The molecule has 0 aliphatic heterocycles. The molecule has 6 rings (SSSR count). The van der Waals surface area contributed by atoms with Gasteiger partial charge in [-0.1, -0.05) is 59.6 Å². The maximum atomic E-state index is 13.1. The number of aromatic amines is 2. The fraction of sp³-hybridized carbons (Fsp3) is 0. The number of nitrogens with one attached hydrogen (secondary N) is 2. The summed E-state index contributed by atoms with van der Waals surface area (Å²) in [4.78, 5) is 32.4. The summed E-state index contributed by atoms with van der Waals surface area (Å²) >= 11 is 23.1. The van der Waals surface area contributed by atoms with Gasteiger partial charge in [-0.15, -0.1) is 0 Å². The summed E-state index contributed by atoms with van der Waals surface area (Å²) in [6, 6.07) is 25.1. The molecular weight excluding hydrogens is 583 g/mol. The van der Waals surface area contributed by atoms with E-state index in [2.05, 4.69) is 9.97 Å². The highest BCUT2D eigenvalue weighted by molar-refractivity contribution is 7.71. The topological polar surface area (TPSA) is 75.6 Å². The first-order chi connectivity index (χ1) is 19.3. The summed E-state index contributed by atoms with van der Waals surface area (Å²) in [5.41, 5.74) is 3.96. The van der Waals surface area contributed by atoms with Crippen molar-refractivity contribution in [1.29, 1.82) is 0 Å². The molecule has 0 aliphatic rings. The molecule has 6 aromatic rings. The number of aromatic nitrogens is 4. The minimum Gasteiger partial charge on any atom is -0.331 e. The van der Waals surface area contributed by atoms with Crippen molar-refractivity contribution in [3.63, 3.8) is 0 Å². The molecular formula is C30H18Cl2N4O2S2. The third-order valence-electron chi connectivity index (χ3n) is 6.49. The third-order valence-corrected chi connectivity index (χ3v) is 7.53. The Labute approximate surface area is 247 Å². The van der Waals surface area contributed by atoms with E-state index in [1.54, 1.807) is 36.4 Å². The number of hydrogen-bond donors (Lipinski definition) is 2. The van der Waals surface area contributed by atoms with Gasteiger partial charge in [-0.05, 0) is 96.2 Å². The molecule has 40 heavy (non-hydrogen) atoms. The molecule has 6 nitrogen and oxygen atoms in total. The van der Waals surface area contributed by atoms with Crippen molar-refractivity contribution >= 4 is 81.6 Å². The smallest absolute Gasteiger partial charge is 0.266 e. The van der Waals surface area contributed by atoms with Crippen molar-refractivity contribution < 1.29 is 0 Å². The summed E-state index contributed by atoms with van der Waals surface area (Å²) in [7, 11) is 0. The van der Waals surface area contributed by atoms with Gasteiger partial charge in [-0.25, -0.2) is 0 Å². The van der Waals surface area contributed by atoms with Crippen LogP contribution in [0, 0.1) is 9.54 Å². The minimum atomic E-state index is -0.238. The lowest BCUT2D eigenvalue weighted by Crippen LogP contribution is -2.20. The zero-order valence-corrected chi connectivity index (χ0v) is 23.7. The van der Waals surface area contributed by atoms with Crippen LogP contribution < -0.4 is 11.1 Å². The van der Waals surface area contributed by atoms with E-state index in [4.69, 9.17) is 47.6 Å². The van der Waals surface area contributed by atoms with Crippen molar-refractivity contribution in [3.05, 3.63) is 136 Å². The van der Waals surface area contributed by atoms with Gasteiger partial charge < -0.3 is 9.97 Å². The number of nitrogens with zero attached hydrogens (tertiary/aromatic N) is 2. The zero-order chi connectivity index (χ0) is 28.0. The van der Waals surface area contributed by atoms with E-state index in [1.165, 1.54) is 9.13 Å². The third kappa shape index (κ3) is 4.87. The van der Waals surface area contributed by atoms with E-state index in [-0.39, 0.29) is 11.1 Å². The summed E-state index contributed by atoms with van der Waals surface area (Å²) < 4.78 is 3.51. The van der Waals surface area contributed by atoms with Crippen LogP contribution in [0.2, 0.25) is 10.0 Å². The molecule has 196 valence electrons. The Morgan fingerprint density at radius 2 is 0.950 bits per heavy atom. The fourth-order valence-corrected chi connectivity index (χ4v) is 5.44. The number of fused-ring (bicyclic) bond motifs is 2. The van der Waals surface area contributed by atoms with E-state index in [0.29, 0.717) is 52.8 Å². The maximum absolute atomic E-state index is 13.1. The van der Waals surface area contributed by atoms with Crippen LogP contribution in [0.25, 0.3) is 45.3 Å². The molecule has 0 saturated carbocycles. The van der Waals surface area contributed by atoms with E-state index in [1.807, 2.05) is 60.7 Å². The first kappa shape index (κ1) is 26.2. The highest BCUT2D eigenvalue weighted by Gasteiger charge is 2.10. The SMILES string of the molecule is O=c1c2cc(Cl)ccc2[nH]c(=S)n1-c1ccc(/C=C/c2ccc(-n3c(=S)[nH]c4ccc(Cl)cc4c3=O)cc2)cc1. The molecule has 4 aromatic carbocycles. The van der Waals surface area contributed by atoms with Crippen LogP contribution in [-0.4, -0.2) is 19.1 Å². The average Bonchev–Trinajstić information content (AvgIpc) is 2.94. The van der Waals surface area contributed by atoms with Crippen LogP contribution >= 0.6 is 47.6 Å². The Bertz CT molecular complexity index is 2050. The van der Waals surface area contributed by atoms with Gasteiger partial charge in [0.25, 0.3) is 11.1 Å². The molecule has 0 bridgehead atoms. The van der Waals surface area contributed by atoms with Gasteiger partial charge >= 0.3 is 0 Å². The zero-order valence-electron chi connectivity index (χ0n) is 20.5. The molecule has 0 spiro atoms. The summed E-state index contributed by atoms with van der Waals surface area (Å²) in [5, 5.41) is 1.88. The Morgan fingerprint density at radius 3 is 1.32 bits per heavy atom. The predicted octanol–water partition coefficient (Wildman–Crippen LogP) is 7.89. The van der Waals surface area contributed by atoms with Crippen molar-refractivity contribution in [3.8, 4) is 11.4 Å². The van der Waals surface area contributed by atoms with Crippen LogP contribution in [0.15, 0.2) is 94.5 Å². The summed E-state index contributed by atoms with van der Waals surface area (Å²) in [6.45, 7) is 0. The molecule has 0 amide bonds. The fourth-order valence-electron chi connectivity index (χ4n) is 4.50. The largest absolute Gasteiger partial charge is 0.331 e. The van der Waals surface area contributed by atoms with Crippen LogP contribution in [-0.2, 0) is 0 Å². The van der Waals surface area contributed by atoms with Crippen molar-refractivity contribution in [2.45, 2.75) is 0 Å². The first-order valence-corrected chi connectivity index (χ1v) is 13.6. The number of H-pyrrole nitrogens is 2. The van der Waals surface area contributed by atoms with Gasteiger partial charge in [0.2, 0.25) is 0 Å². The number of benzene rings is 4. The number of rotatable bonds is 4. The summed E-state index contributed by atoms with van der Waals surface area (Å²) in [5.74, 6) is 0. The van der Waals surface area contributed by atoms with Crippen LogP contribution in [0.1, 0.15) is 11.1 Å². The Morgan fingerprint density at radius 1 is 0.575 bits per heavy atom. The van der Waals surface area contributed by atoms with E-state index < -0.39 is 0 Å². The second-order valence-electron chi connectivity index (χ2n) is 9.04. The molecule has 2 aromatic heterocycles. The quantitative estimate of drug-likeness (QED) is 0.159. The molecule has 0 atom stereocenters. The van der Waals surface area contributed by atoms with Gasteiger partial charge in [0.05, 0.1) is 33.2 Å². The Kier molecular flexibility index (Phi) is 6.85. The molecule has 0 fully saturated rings. The normalized spacial score (nSPS) is 11.6. The van der Waals surface area contributed by atoms with E-state index in [0.717, 1.165) is 11.1 Å². The molecule has 0 radical (unpaired) electrons. The lowest BCUT2D eigenvalue weighted by Gasteiger charge is -2.09. The van der Waals surface area contributed by atoms with Gasteiger partial charge in [0, 0.05) is 10.0 Å². The van der Waals surface area contributed by atoms with Gasteiger partial charge in [-0.2, -0.15) is 0 Å². The van der Waals surface area contributed by atoms with E-state index >= 15 is 0 Å². The van der Waals surface area contributed by atoms with Crippen molar-refractivity contribution in [1.82, 2.24) is 19.1 Å². The van der Waals surface area contributed by atoms with Gasteiger partial charge in [-0.3, -0.25) is 18.7 Å². The van der Waals surface area contributed by atoms with Crippen LogP contribution in [0.4, 0.5) is 0 Å². The number of hydrogen-bond acceptors (Lipinski definition) is 4. The first-order valence-electron chi connectivity index (χ1n) is 12.1. The minimum absolute atomic E-state index is 0.238. The highest BCUT2D eigenvalue weighted by atomic mass is 35.5. The second-order valence-corrected chi connectivity index (χ2v) is 10.7. The Hall–Kier alpha value is -4.08. The van der Waals surface area contributed by atoms with E-state index in [9.17, 15) is 9.59 Å². The summed E-state index contributed by atoms with van der Waals surface area (Å²) in [6.07, 6.45) is 3.91. The lowest BCUT2D eigenvalue weighted by molar-refractivity contribution is 0.940. The highest BCUT2D eigenvalue weighted by Crippen LogP contribution is 2.19. The predicted molar refractivity (Wildman–Crippen MR) is 168 cm³/mol. The van der Waals surface area contributed by atoms with Crippen molar-refractivity contribution in [2.75, 3.05) is 0 Å². The lowest BCUT2D eigenvalue weighted by atomic mass is 10.1. The number of halogens is 2. The molecule has 10 heteroatoms. The standard InChI is InChI=1S/C30H18Cl2N4O2S2/c31-19-7-13-25-23(15-19)27(37)35(29(39)33-25)21-9-3-17(4-10-21)1-2-18-5-11-22(12-6-18)36-28(38)24-16-20(32)8-14-26(24)34-30(36)40/h1-16H,(H,33,39)(H,34,40)/b2-1+. The van der Waals surface area contributed by atoms with Crippen LogP contribution in [0.3, 0.4) is 0 Å². The molecule has 0 aliphatic carbocycles. The van der Waals surface area contributed by atoms with Gasteiger partial charge in [0.15, 0.2) is 9.54 Å². The molecule has 2 heterocycles. The average molecular weight is 602 g/mol. The molecule has 0 saturated heterocycles. The second kappa shape index (κ2) is 10.5. The monoisotopic (exact) mass is 600 g/mol. The maximum Gasteiger partial charge on any atom is 0.266 e. The van der Waals surface area contributed by atoms with Crippen LogP contribution in [0.5, 0.6) is 0 Å².